The van der Waals surface area contributed by atoms with Crippen molar-refractivity contribution in [3.05, 3.63) is 161 Å². The number of nitrogens with one attached hydrogen (secondary N) is 1. The van der Waals surface area contributed by atoms with Gasteiger partial charge in [0.25, 0.3) is 0 Å². The van der Waals surface area contributed by atoms with Gasteiger partial charge in [-0.15, -0.1) is 0 Å². The molecule has 5 aromatic carbocycles. The third kappa shape index (κ3) is 9.33. The van der Waals surface area contributed by atoms with E-state index < -0.39 is 36.1 Å². The minimum Gasteiger partial charge on any atom is -0.207 e. The predicted molar refractivity (Wildman–Crippen MR) is 196 cm³/mol. The summed E-state index contributed by atoms with van der Waals surface area (Å²) in [5.41, 5.74) is 3.96. The number of aryl methyl sites for hydroxylation is 3. The van der Waals surface area contributed by atoms with Gasteiger partial charge in [0.2, 0.25) is 30.1 Å². The topological polar surface area (TPSA) is 121 Å². The molecule has 0 aliphatic carbocycles. The second kappa shape index (κ2) is 15.8. The van der Waals surface area contributed by atoms with Crippen molar-refractivity contribution in [2.45, 2.75) is 54.6 Å². The lowest BCUT2D eigenvalue weighted by molar-refractivity contribution is 0.311. The van der Waals surface area contributed by atoms with E-state index in [1.807, 2.05) is 32.9 Å². The SMILES string of the molecule is Cc1ccc(S(=O)(=O)NC(CN(Cc2ccccc2)S(=O)(=O)c2ccc(C)cc2)CN(Cc2ccccc2)S(=O)(=O)c2ccc(C)cc2)cc1. The summed E-state index contributed by atoms with van der Waals surface area (Å²) in [5.74, 6) is 0. The molecule has 0 amide bonds. The first kappa shape index (κ1) is 37.1. The van der Waals surface area contributed by atoms with Crippen LogP contribution in [0.15, 0.2) is 148 Å². The maximum Gasteiger partial charge on any atom is 0.243 e. The molecule has 0 aliphatic heterocycles. The van der Waals surface area contributed by atoms with Crippen LogP contribution in [-0.2, 0) is 43.2 Å². The molecule has 0 aromatic heterocycles. The fraction of sp³-hybridized carbons (Fsp3) is 0.211. The van der Waals surface area contributed by atoms with Crippen LogP contribution in [-0.4, -0.2) is 53.0 Å². The van der Waals surface area contributed by atoms with Gasteiger partial charge in [-0.05, 0) is 68.3 Å². The zero-order valence-electron chi connectivity index (χ0n) is 28.2. The van der Waals surface area contributed by atoms with E-state index in [0.29, 0.717) is 11.1 Å². The van der Waals surface area contributed by atoms with Gasteiger partial charge < -0.3 is 0 Å². The monoisotopic (exact) mass is 731 g/mol. The van der Waals surface area contributed by atoms with E-state index in [4.69, 9.17) is 0 Å². The molecule has 0 radical (unpaired) electrons. The van der Waals surface area contributed by atoms with Crippen molar-refractivity contribution < 1.29 is 25.3 Å². The van der Waals surface area contributed by atoms with Gasteiger partial charge in [-0.2, -0.15) is 8.61 Å². The van der Waals surface area contributed by atoms with Crippen LogP contribution < -0.4 is 4.72 Å². The lowest BCUT2D eigenvalue weighted by Gasteiger charge is -2.31. The third-order valence-electron chi connectivity index (χ3n) is 8.22. The van der Waals surface area contributed by atoms with Gasteiger partial charge in [-0.25, -0.2) is 30.0 Å². The van der Waals surface area contributed by atoms with Gasteiger partial charge in [0.15, 0.2) is 0 Å². The molecule has 262 valence electrons. The van der Waals surface area contributed by atoms with Crippen LogP contribution in [0.3, 0.4) is 0 Å². The van der Waals surface area contributed by atoms with Crippen molar-refractivity contribution in [1.29, 1.82) is 0 Å². The van der Waals surface area contributed by atoms with E-state index in [1.54, 1.807) is 84.9 Å². The lowest BCUT2D eigenvalue weighted by atomic mass is 10.2. The number of rotatable bonds is 15. The van der Waals surface area contributed by atoms with Crippen LogP contribution in [0.2, 0.25) is 0 Å². The Morgan fingerprint density at radius 1 is 0.460 bits per heavy atom. The van der Waals surface area contributed by atoms with Crippen molar-refractivity contribution in [3.8, 4) is 0 Å². The summed E-state index contributed by atoms with van der Waals surface area (Å²) in [4.78, 5) is 0.0419. The molecular formula is C38H41N3O6S3. The second-order valence-corrected chi connectivity index (χ2v) is 17.9. The van der Waals surface area contributed by atoms with E-state index >= 15 is 0 Å². The summed E-state index contributed by atoms with van der Waals surface area (Å²) in [6, 6.07) is 35.8. The Labute approximate surface area is 296 Å². The van der Waals surface area contributed by atoms with E-state index in [2.05, 4.69) is 4.72 Å². The van der Waals surface area contributed by atoms with E-state index in [-0.39, 0.29) is 40.9 Å². The molecular weight excluding hydrogens is 691 g/mol. The van der Waals surface area contributed by atoms with Crippen molar-refractivity contribution in [2.24, 2.45) is 0 Å². The van der Waals surface area contributed by atoms with E-state index in [0.717, 1.165) is 16.7 Å². The lowest BCUT2D eigenvalue weighted by Crippen LogP contribution is -2.51. The molecule has 0 aliphatic rings. The molecule has 0 bridgehead atoms. The molecule has 0 unspecified atom stereocenters. The third-order valence-corrected chi connectivity index (χ3v) is 13.4. The minimum atomic E-state index is -4.24. The Kier molecular flexibility index (Phi) is 11.7. The van der Waals surface area contributed by atoms with Crippen molar-refractivity contribution >= 4 is 30.1 Å². The first-order valence-electron chi connectivity index (χ1n) is 16.0. The molecule has 12 heteroatoms. The van der Waals surface area contributed by atoms with Crippen LogP contribution in [0.25, 0.3) is 0 Å². The molecule has 5 rings (SSSR count). The highest BCUT2D eigenvalue weighted by Crippen LogP contribution is 2.24. The van der Waals surface area contributed by atoms with E-state index in [1.165, 1.54) is 45.0 Å². The molecule has 0 spiro atoms. The average molecular weight is 732 g/mol. The molecule has 0 heterocycles. The van der Waals surface area contributed by atoms with Crippen molar-refractivity contribution in [2.75, 3.05) is 13.1 Å². The summed E-state index contributed by atoms with van der Waals surface area (Å²) in [5, 5.41) is 0. The summed E-state index contributed by atoms with van der Waals surface area (Å²) in [7, 11) is -12.6. The summed E-state index contributed by atoms with van der Waals surface area (Å²) >= 11 is 0. The van der Waals surface area contributed by atoms with Gasteiger partial charge in [-0.3, -0.25) is 0 Å². The maximum atomic E-state index is 14.3. The summed E-state index contributed by atoms with van der Waals surface area (Å²) < 4.78 is 90.1. The number of sulfonamides is 3. The normalized spacial score (nSPS) is 12.5. The second-order valence-electron chi connectivity index (χ2n) is 12.3. The first-order chi connectivity index (χ1) is 23.7. The fourth-order valence-electron chi connectivity index (χ4n) is 5.42. The summed E-state index contributed by atoms with van der Waals surface area (Å²) in [6.45, 7) is 4.64. The maximum absolute atomic E-state index is 14.3. The number of nitrogens with zero attached hydrogens (tertiary/aromatic N) is 2. The van der Waals surface area contributed by atoms with Crippen LogP contribution in [0.5, 0.6) is 0 Å². The van der Waals surface area contributed by atoms with Crippen LogP contribution >= 0.6 is 0 Å². The highest BCUT2D eigenvalue weighted by molar-refractivity contribution is 7.90. The zero-order chi connectivity index (χ0) is 35.9. The Balaban J connectivity index is 1.61. The standard InChI is InChI=1S/C38H41N3O6S3/c1-30-14-20-36(21-15-30)48(42,43)39-35(28-40(26-33-10-6-4-7-11-33)49(44,45)37-22-16-31(2)17-23-37)29-41(27-34-12-8-5-9-13-34)50(46,47)38-24-18-32(3)19-25-38/h4-25,35,39H,26-29H2,1-3H3. The van der Waals surface area contributed by atoms with Gasteiger partial charge in [-0.1, -0.05) is 114 Å². The van der Waals surface area contributed by atoms with E-state index in [9.17, 15) is 25.3 Å². The highest BCUT2D eigenvalue weighted by Gasteiger charge is 2.34. The van der Waals surface area contributed by atoms with Gasteiger partial charge in [0.1, 0.15) is 0 Å². The Morgan fingerprint density at radius 2 is 0.780 bits per heavy atom. The smallest absolute Gasteiger partial charge is 0.207 e. The molecule has 50 heavy (non-hydrogen) atoms. The van der Waals surface area contributed by atoms with Crippen molar-refractivity contribution in [3.63, 3.8) is 0 Å². The largest absolute Gasteiger partial charge is 0.243 e. The van der Waals surface area contributed by atoms with Gasteiger partial charge >= 0.3 is 0 Å². The Morgan fingerprint density at radius 3 is 1.12 bits per heavy atom. The zero-order valence-corrected chi connectivity index (χ0v) is 30.6. The van der Waals surface area contributed by atoms with Crippen LogP contribution in [0.1, 0.15) is 27.8 Å². The average Bonchev–Trinajstić information content (AvgIpc) is 3.09. The van der Waals surface area contributed by atoms with Crippen molar-refractivity contribution in [1.82, 2.24) is 13.3 Å². The molecule has 9 nitrogen and oxygen atoms in total. The molecule has 0 fully saturated rings. The predicted octanol–water partition coefficient (Wildman–Crippen LogP) is 6.04. The molecule has 1 N–H and O–H groups in total. The molecule has 0 saturated heterocycles. The first-order valence-corrected chi connectivity index (χ1v) is 20.4. The molecule has 0 atom stereocenters. The van der Waals surface area contributed by atoms with Gasteiger partial charge in [0, 0.05) is 32.2 Å². The minimum absolute atomic E-state index is 0.0277. The number of hydrogen-bond donors (Lipinski definition) is 1. The Bertz CT molecular complexity index is 2070. The highest BCUT2D eigenvalue weighted by atomic mass is 32.2. The van der Waals surface area contributed by atoms with Crippen LogP contribution in [0, 0.1) is 20.8 Å². The quantitative estimate of drug-likeness (QED) is 0.140. The fourth-order valence-corrected chi connectivity index (χ4v) is 9.58. The van der Waals surface area contributed by atoms with Gasteiger partial charge in [0.05, 0.1) is 14.7 Å². The van der Waals surface area contributed by atoms with Crippen LogP contribution in [0.4, 0.5) is 0 Å². The number of hydrogen-bond acceptors (Lipinski definition) is 6. The molecule has 0 saturated carbocycles. The molecule has 5 aromatic rings. The Hall–Kier alpha value is -4.17. The number of benzene rings is 5. The summed E-state index contributed by atoms with van der Waals surface area (Å²) in [6.07, 6.45) is 0.